The van der Waals surface area contributed by atoms with Gasteiger partial charge >= 0.3 is 0 Å². The number of ether oxygens (including phenoxy) is 1. The smallest absolute Gasteiger partial charge is 0.148 e. The molecular formula is C39H46BrN8O2P. The average Bonchev–Trinajstić information content (AvgIpc) is 3.64. The van der Waals surface area contributed by atoms with Crippen molar-refractivity contribution in [2.75, 3.05) is 56.8 Å². The lowest BCUT2D eigenvalue weighted by molar-refractivity contribution is 0.187. The number of hydrogen-bond acceptors (Lipinski definition) is 9. The fourth-order valence-electron chi connectivity index (χ4n) is 7.96. The molecule has 0 amide bonds. The van der Waals surface area contributed by atoms with Crippen molar-refractivity contribution < 1.29 is 9.30 Å². The fraction of sp³-hybridized carbons (Fsp3) is 0.436. The van der Waals surface area contributed by atoms with Crippen molar-refractivity contribution in [3.05, 3.63) is 76.5 Å². The maximum absolute atomic E-state index is 13.8. The molecule has 0 spiro atoms. The number of nitrogens with one attached hydrogen (secondary N) is 1. The lowest BCUT2D eigenvalue weighted by Crippen LogP contribution is -2.49. The van der Waals surface area contributed by atoms with E-state index in [9.17, 15) is 4.57 Å². The average molecular weight is 770 g/mol. The Morgan fingerprint density at radius 1 is 0.980 bits per heavy atom. The molecule has 266 valence electrons. The number of halogens is 1. The van der Waals surface area contributed by atoms with Crippen LogP contribution in [0.3, 0.4) is 0 Å². The van der Waals surface area contributed by atoms with Crippen LogP contribution in [0.5, 0.6) is 5.75 Å². The van der Waals surface area contributed by atoms with Crippen molar-refractivity contribution in [3.63, 3.8) is 0 Å². The van der Waals surface area contributed by atoms with E-state index in [2.05, 4.69) is 66.6 Å². The van der Waals surface area contributed by atoms with Gasteiger partial charge < -0.3 is 19.5 Å². The van der Waals surface area contributed by atoms with Gasteiger partial charge in [-0.1, -0.05) is 18.9 Å². The summed E-state index contributed by atoms with van der Waals surface area (Å²) >= 11 is 3.67. The number of anilines is 3. The molecule has 0 radical (unpaired) electrons. The van der Waals surface area contributed by atoms with Crippen molar-refractivity contribution in [1.29, 1.82) is 0 Å². The molecule has 4 heterocycles. The summed E-state index contributed by atoms with van der Waals surface area (Å²) in [6.07, 6.45) is 14.0. The van der Waals surface area contributed by atoms with Crippen LogP contribution >= 0.6 is 23.1 Å². The van der Waals surface area contributed by atoms with Crippen molar-refractivity contribution in [1.82, 2.24) is 29.6 Å². The summed E-state index contributed by atoms with van der Waals surface area (Å²) < 4.78 is 22.4. The summed E-state index contributed by atoms with van der Waals surface area (Å²) in [6, 6.07) is 13.3. The SMILES string of the molecule is COc1cc(N2CCN(C3CCCC3)CC2)c(-c2cnn(C)c2)cc1Cc1ncc(Br)c(Nc2ccc3nc(C4CC4)ccc3c2P(C)(C)=O)n1. The molecule has 0 atom stereocenters. The first-order chi connectivity index (χ1) is 24.6. The first-order valence-corrected chi connectivity index (χ1v) is 21.5. The Balaban J connectivity index is 1.10. The van der Waals surface area contributed by atoms with Gasteiger partial charge in [-0.05, 0) is 79.2 Å². The maximum atomic E-state index is 13.8. The molecule has 3 aliphatic rings. The minimum atomic E-state index is -2.70. The van der Waals surface area contributed by atoms with E-state index < -0.39 is 7.14 Å². The molecule has 2 aliphatic carbocycles. The third kappa shape index (κ3) is 7.17. The number of hydrogen-bond donors (Lipinski definition) is 1. The van der Waals surface area contributed by atoms with Crippen LogP contribution in [0.1, 0.15) is 61.5 Å². The molecule has 2 aromatic carbocycles. The number of rotatable bonds is 10. The summed E-state index contributed by atoms with van der Waals surface area (Å²) in [5.74, 6) is 2.61. The van der Waals surface area contributed by atoms with Crippen LogP contribution in [-0.4, -0.2) is 82.3 Å². The first kappa shape index (κ1) is 34.3. The van der Waals surface area contributed by atoms with Gasteiger partial charge in [-0.15, -0.1) is 0 Å². The van der Waals surface area contributed by atoms with Crippen molar-refractivity contribution in [2.45, 2.75) is 56.9 Å². The Kier molecular flexibility index (Phi) is 9.40. The van der Waals surface area contributed by atoms with Crippen LogP contribution in [0, 0.1) is 0 Å². The number of aryl methyl sites for hydroxylation is 1. The number of piperazine rings is 1. The Labute approximate surface area is 308 Å². The van der Waals surface area contributed by atoms with E-state index in [0.717, 1.165) is 86.7 Å². The molecule has 0 bridgehead atoms. The van der Waals surface area contributed by atoms with E-state index in [0.29, 0.717) is 24.0 Å². The molecule has 3 fully saturated rings. The summed E-state index contributed by atoms with van der Waals surface area (Å²) in [5.41, 5.74) is 7.12. The number of benzene rings is 2. The van der Waals surface area contributed by atoms with Gasteiger partial charge in [0.25, 0.3) is 0 Å². The van der Waals surface area contributed by atoms with Gasteiger partial charge in [-0.3, -0.25) is 14.6 Å². The van der Waals surface area contributed by atoms with Gasteiger partial charge in [0, 0.05) is 109 Å². The zero-order chi connectivity index (χ0) is 35.3. The van der Waals surface area contributed by atoms with E-state index in [1.807, 2.05) is 43.4 Å². The molecule has 12 heteroatoms. The first-order valence-electron chi connectivity index (χ1n) is 18.1. The maximum Gasteiger partial charge on any atom is 0.148 e. The van der Waals surface area contributed by atoms with E-state index in [-0.39, 0.29) is 0 Å². The zero-order valence-electron chi connectivity index (χ0n) is 29.9. The molecule has 0 unspecified atom stereocenters. The number of aromatic nitrogens is 5. The van der Waals surface area contributed by atoms with Crippen molar-refractivity contribution >= 4 is 56.5 Å². The summed E-state index contributed by atoms with van der Waals surface area (Å²) in [6.45, 7) is 7.74. The zero-order valence-corrected chi connectivity index (χ0v) is 32.4. The van der Waals surface area contributed by atoms with Gasteiger partial charge in [-0.25, -0.2) is 9.97 Å². The lowest BCUT2D eigenvalue weighted by atomic mass is 9.99. The molecule has 3 aromatic heterocycles. The molecular weight excluding hydrogens is 723 g/mol. The van der Waals surface area contributed by atoms with Gasteiger partial charge in [-0.2, -0.15) is 5.10 Å². The predicted octanol–water partition coefficient (Wildman–Crippen LogP) is 7.72. The van der Waals surface area contributed by atoms with E-state index >= 15 is 0 Å². The Bertz CT molecular complexity index is 2130. The third-order valence-electron chi connectivity index (χ3n) is 10.7. The molecule has 2 saturated carbocycles. The molecule has 1 N–H and O–H groups in total. The highest BCUT2D eigenvalue weighted by atomic mass is 79.9. The van der Waals surface area contributed by atoms with Gasteiger partial charge in [0.15, 0.2) is 0 Å². The predicted molar refractivity (Wildman–Crippen MR) is 210 cm³/mol. The van der Waals surface area contributed by atoms with Crippen LogP contribution in [0.15, 0.2) is 59.5 Å². The largest absolute Gasteiger partial charge is 0.496 e. The van der Waals surface area contributed by atoms with E-state index in [1.165, 1.54) is 44.2 Å². The summed E-state index contributed by atoms with van der Waals surface area (Å²) in [7, 11) is 0.985. The number of methoxy groups -OCH3 is 1. The molecule has 51 heavy (non-hydrogen) atoms. The second-order valence-electron chi connectivity index (χ2n) is 14.7. The number of nitrogens with zero attached hydrogens (tertiary/aromatic N) is 7. The highest BCUT2D eigenvalue weighted by Gasteiger charge is 2.29. The second kappa shape index (κ2) is 14.0. The van der Waals surface area contributed by atoms with Crippen LogP contribution in [0.4, 0.5) is 17.2 Å². The minimum Gasteiger partial charge on any atom is -0.496 e. The van der Waals surface area contributed by atoms with Crippen molar-refractivity contribution in [2.24, 2.45) is 7.05 Å². The molecule has 5 aromatic rings. The highest BCUT2D eigenvalue weighted by molar-refractivity contribution is 9.10. The Hall–Kier alpha value is -3.79. The normalized spacial score (nSPS) is 17.4. The summed E-state index contributed by atoms with van der Waals surface area (Å²) in [5, 5.41) is 9.72. The number of fused-ring (bicyclic) bond motifs is 1. The minimum absolute atomic E-state index is 0.465. The van der Waals surface area contributed by atoms with Crippen LogP contribution in [-0.2, 0) is 18.0 Å². The van der Waals surface area contributed by atoms with E-state index in [4.69, 9.17) is 19.7 Å². The lowest BCUT2D eigenvalue weighted by Gasteiger charge is -2.40. The van der Waals surface area contributed by atoms with Crippen LogP contribution < -0.4 is 20.3 Å². The molecule has 1 saturated heterocycles. The van der Waals surface area contributed by atoms with E-state index in [1.54, 1.807) is 13.3 Å². The van der Waals surface area contributed by atoms with Gasteiger partial charge in [0.05, 0.1) is 29.0 Å². The van der Waals surface area contributed by atoms with Crippen molar-refractivity contribution in [3.8, 4) is 16.9 Å². The summed E-state index contributed by atoms with van der Waals surface area (Å²) in [4.78, 5) is 19.8. The number of pyridine rings is 1. The Morgan fingerprint density at radius 2 is 1.76 bits per heavy atom. The topological polar surface area (TPSA) is 101 Å². The molecule has 8 rings (SSSR count). The monoisotopic (exact) mass is 768 g/mol. The van der Waals surface area contributed by atoms with Gasteiger partial charge in [0.2, 0.25) is 0 Å². The third-order valence-corrected chi connectivity index (χ3v) is 12.8. The highest BCUT2D eigenvalue weighted by Crippen LogP contribution is 2.44. The van der Waals surface area contributed by atoms with Crippen LogP contribution in [0.25, 0.3) is 22.0 Å². The molecule has 1 aliphatic heterocycles. The second-order valence-corrected chi connectivity index (χ2v) is 18.7. The van der Waals surface area contributed by atoms with Gasteiger partial charge in [0.1, 0.15) is 24.5 Å². The Morgan fingerprint density at radius 3 is 2.45 bits per heavy atom. The van der Waals surface area contributed by atoms with Crippen LogP contribution in [0.2, 0.25) is 0 Å². The quantitative estimate of drug-likeness (QED) is 0.143. The fourth-order valence-corrected chi connectivity index (χ4v) is 9.73. The standard InChI is InChI=1S/C39H46BrN8O2P/c1-46-24-27(22-42-46)30-19-26(36(50-2)21-35(30)48-17-15-47(16-18-48)28-7-5-6-8-28)20-37-41-23-31(40)39(45-37)44-34-14-13-33-29(38(34)51(3,4)49)11-12-32(43-33)25-9-10-25/h11-14,19,21-25,28H,5-10,15-18,20H2,1-4H3,(H,41,44,45). The molecule has 10 nitrogen and oxygen atoms in total.